The van der Waals surface area contributed by atoms with Crippen molar-refractivity contribution in [3.63, 3.8) is 0 Å². The van der Waals surface area contributed by atoms with Crippen LogP contribution in [0.2, 0.25) is 0 Å². The van der Waals surface area contributed by atoms with E-state index in [1.54, 1.807) is 37.3 Å². The van der Waals surface area contributed by atoms with Gasteiger partial charge in [-0.05, 0) is 43.2 Å². The normalized spacial score (nSPS) is 12.1. The average molecular weight is 405 g/mol. The number of carbonyl (C=O) groups is 2. The van der Waals surface area contributed by atoms with Crippen LogP contribution in [0, 0.1) is 0 Å². The van der Waals surface area contributed by atoms with Crippen molar-refractivity contribution in [1.29, 1.82) is 0 Å². The Hall–Kier alpha value is -2.87. The van der Waals surface area contributed by atoms with Gasteiger partial charge in [-0.2, -0.15) is 8.42 Å². The second kappa shape index (κ2) is 9.89. The summed E-state index contributed by atoms with van der Waals surface area (Å²) in [6.07, 6.45) is 0.443. The van der Waals surface area contributed by atoms with Crippen molar-refractivity contribution in [3.05, 3.63) is 60.2 Å². The molecule has 150 valence electrons. The molecule has 0 aliphatic heterocycles. The molecular weight excluding hydrogens is 382 g/mol. The Morgan fingerprint density at radius 2 is 1.68 bits per heavy atom. The van der Waals surface area contributed by atoms with Crippen molar-refractivity contribution in [2.45, 2.75) is 37.6 Å². The maximum atomic E-state index is 12.2. The van der Waals surface area contributed by atoms with E-state index in [4.69, 9.17) is 8.92 Å². The third kappa shape index (κ3) is 6.70. The summed E-state index contributed by atoms with van der Waals surface area (Å²) in [7, 11) is -3.91. The molecule has 1 unspecified atom stereocenters. The maximum absolute atomic E-state index is 12.2. The summed E-state index contributed by atoms with van der Waals surface area (Å²) in [4.78, 5) is 23.2. The average Bonchev–Trinajstić information content (AvgIpc) is 2.63. The largest absolute Gasteiger partial charge is 0.466 e. The summed E-state index contributed by atoms with van der Waals surface area (Å²) in [5.41, 5.74) is 0.813. The van der Waals surface area contributed by atoms with Gasteiger partial charge in [0.15, 0.2) is 0 Å². The first kappa shape index (κ1) is 21.4. The van der Waals surface area contributed by atoms with Crippen molar-refractivity contribution in [2.24, 2.45) is 0 Å². The summed E-state index contributed by atoms with van der Waals surface area (Å²) >= 11 is 0. The van der Waals surface area contributed by atoms with E-state index in [2.05, 4.69) is 5.32 Å². The Kier molecular flexibility index (Phi) is 7.57. The molecule has 1 N–H and O–H groups in total. The highest BCUT2D eigenvalue weighted by Gasteiger charge is 2.18. The molecule has 2 rings (SSSR count). The summed E-state index contributed by atoms with van der Waals surface area (Å²) in [5.74, 6) is -0.465. The Labute approximate surface area is 164 Å². The van der Waals surface area contributed by atoms with E-state index in [1.807, 2.05) is 0 Å². The number of benzene rings is 2. The molecule has 0 bridgehead atoms. The van der Waals surface area contributed by atoms with Crippen LogP contribution in [0.3, 0.4) is 0 Å². The first-order valence-electron chi connectivity index (χ1n) is 8.81. The lowest BCUT2D eigenvalue weighted by molar-refractivity contribution is -0.143. The van der Waals surface area contributed by atoms with E-state index < -0.39 is 22.1 Å². The van der Waals surface area contributed by atoms with Gasteiger partial charge in [0.25, 0.3) is 0 Å². The van der Waals surface area contributed by atoms with Gasteiger partial charge in [-0.1, -0.05) is 30.3 Å². The van der Waals surface area contributed by atoms with E-state index in [0.29, 0.717) is 6.42 Å². The number of nitrogens with one attached hydrogen (secondary N) is 1. The van der Waals surface area contributed by atoms with Gasteiger partial charge < -0.3 is 14.2 Å². The molecule has 0 saturated carbocycles. The van der Waals surface area contributed by atoms with Crippen LogP contribution in [-0.4, -0.2) is 32.9 Å². The zero-order valence-electron chi connectivity index (χ0n) is 15.8. The van der Waals surface area contributed by atoms with Crippen molar-refractivity contribution in [3.8, 4) is 5.75 Å². The lowest BCUT2D eigenvalue weighted by Crippen LogP contribution is -2.37. The van der Waals surface area contributed by atoms with Crippen LogP contribution in [-0.2, 0) is 30.9 Å². The van der Waals surface area contributed by atoms with Gasteiger partial charge in [0, 0.05) is 13.0 Å². The summed E-state index contributed by atoms with van der Waals surface area (Å²) < 4.78 is 34.6. The van der Waals surface area contributed by atoms with Crippen LogP contribution < -0.4 is 9.50 Å². The Balaban J connectivity index is 2.05. The number of hydrogen-bond acceptors (Lipinski definition) is 6. The predicted octanol–water partition coefficient (Wildman–Crippen LogP) is 2.45. The molecule has 28 heavy (non-hydrogen) atoms. The van der Waals surface area contributed by atoms with Crippen LogP contribution in [0.1, 0.15) is 25.8 Å². The molecule has 0 aliphatic rings. The van der Waals surface area contributed by atoms with Gasteiger partial charge in [0.1, 0.15) is 10.6 Å². The van der Waals surface area contributed by atoms with Crippen molar-refractivity contribution >= 4 is 22.0 Å². The SMILES string of the molecule is CCOC(=O)CC(Cc1ccc(OS(=O)(=O)c2ccccc2)cc1)NC(C)=O. The highest BCUT2D eigenvalue weighted by Crippen LogP contribution is 2.20. The number of carbonyl (C=O) groups excluding carboxylic acids is 2. The molecule has 0 spiro atoms. The molecule has 1 amide bonds. The topological polar surface area (TPSA) is 98.8 Å². The molecule has 0 aromatic heterocycles. The van der Waals surface area contributed by atoms with Gasteiger partial charge >= 0.3 is 16.1 Å². The summed E-state index contributed by atoms with van der Waals surface area (Å²) in [6, 6.07) is 13.9. The molecule has 0 fully saturated rings. The van der Waals surface area contributed by atoms with E-state index in [1.165, 1.54) is 31.2 Å². The minimum Gasteiger partial charge on any atom is -0.466 e. The van der Waals surface area contributed by atoms with Gasteiger partial charge in [-0.3, -0.25) is 9.59 Å². The van der Waals surface area contributed by atoms with E-state index in [9.17, 15) is 18.0 Å². The molecule has 0 heterocycles. The molecule has 7 nitrogen and oxygen atoms in total. The van der Waals surface area contributed by atoms with Gasteiger partial charge in [0.2, 0.25) is 5.91 Å². The number of amides is 1. The van der Waals surface area contributed by atoms with Crippen molar-refractivity contribution < 1.29 is 26.9 Å². The van der Waals surface area contributed by atoms with Crippen molar-refractivity contribution in [2.75, 3.05) is 6.61 Å². The fourth-order valence-electron chi connectivity index (χ4n) is 2.61. The number of rotatable bonds is 9. The van der Waals surface area contributed by atoms with Gasteiger partial charge in [0.05, 0.1) is 13.0 Å². The zero-order valence-corrected chi connectivity index (χ0v) is 16.6. The first-order valence-corrected chi connectivity index (χ1v) is 10.2. The molecule has 1 atom stereocenters. The lowest BCUT2D eigenvalue weighted by atomic mass is 10.0. The van der Waals surface area contributed by atoms with E-state index in [-0.39, 0.29) is 29.6 Å². The molecule has 2 aromatic rings. The second-order valence-corrected chi connectivity index (χ2v) is 7.65. The smallest absolute Gasteiger partial charge is 0.339 e. The molecule has 0 aliphatic carbocycles. The summed E-state index contributed by atoms with van der Waals surface area (Å²) in [6.45, 7) is 3.37. The fourth-order valence-corrected chi connectivity index (χ4v) is 3.56. The molecule has 0 radical (unpaired) electrons. The Morgan fingerprint density at radius 1 is 1.04 bits per heavy atom. The lowest BCUT2D eigenvalue weighted by Gasteiger charge is -2.17. The Morgan fingerprint density at radius 3 is 2.25 bits per heavy atom. The fraction of sp³-hybridized carbons (Fsp3) is 0.300. The van der Waals surface area contributed by atoms with Crippen LogP contribution in [0.15, 0.2) is 59.5 Å². The van der Waals surface area contributed by atoms with Crippen LogP contribution in [0.4, 0.5) is 0 Å². The molecule has 0 saturated heterocycles. The quantitative estimate of drug-likeness (QED) is 0.508. The van der Waals surface area contributed by atoms with E-state index >= 15 is 0 Å². The monoisotopic (exact) mass is 405 g/mol. The van der Waals surface area contributed by atoms with Gasteiger partial charge in [-0.25, -0.2) is 0 Å². The van der Waals surface area contributed by atoms with E-state index in [0.717, 1.165) is 5.56 Å². The third-order valence-electron chi connectivity index (χ3n) is 3.77. The first-order chi connectivity index (χ1) is 13.3. The Bertz CT molecular complexity index is 894. The number of esters is 1. The number of hydrogen-bond donors (Lipinski definition) is 1. The molecular formula is C20H23NO6S. The highest BCUT2D eigenvalue weighted by atomic mass is 32.2. The third-order valence-corrected chi connectivity index (χ3v) is 5.03. The van der Waals surface area contributed by atoms with Crippen LogP contribution >= 0.6 is 0 Å². The van der Waals surface area contributed by atoms with Crippen molar-refractivity contribution in [1.82, 2.24) is 5.32 Å². The maximum Gasteiger partial charge on any atom is 0.339 e. The van der Waals surface area contributed by atoms with Crippen LogP contribution in [0.25, 0.3) is 0 Å². The van der Waals surface area contributed by atoms with Gasteiger partial charge in [-0.15, -0.1) is 0 Å². The zero-order chi connectivity index (χ0) is 20.6. The minimum absolute atomic E-state index is 0.0497. The highest BCUT2D eigenvalue weighted by molar-refractivity contribution is 7.87. The number of ether oxygens (including phenoxy) is 1. The molecule has 8 heteroatoms. The standard InChI is InChI=1S/C20H23NO6S/c1-3-26-20(23)14-17(21-15(2)22)13-16-9-11-18(12-10-16)27-28(24,25)19-7-5-4-6-8-19/h4-12,17H,3,13-14H2,1-2H3,(H,21,22). The minimum atomic E-state index is -3.91. The summed E-state index contributed by atoms with van der Waals surface area (Å²) in [5, 5.41) is 2.73. The predicted molar refractivity (Wildman–Crippen MR) is 103 cm³/mol. The molecule has 2 aromatic carbocycles. The second-order valence-electron chi connectivity index (χ2n) is 6.11. The van der Waals surface area contributed by atoms with Crippen LogP contribution in [0.5, 0.6) is 5.75 Å².